The average Bonchev–Trinajstić information content (AvgIpc) is 2.90. The summed E-state index contributed by atoms with van der Waals surface area (Å²) in [6.07, 6.45) is 6.46. The van der Waals surface area contributed by atoms with Crippen LogP contribution in [0.15, 0.2) is 11.4 Å². The highest BCUT2D eigenvalue weighted by Gasteiger charge is 2.22. The van der Waals surface area contributed by atoms with Crippen molar-refractivity contribution in [2.24, 2.45) is 0 Å². The van der Waals surface area contributed by atoms with Crippen molar-refractivity contribution in [2.45, 2.75) is 51.6 Å². The standard InChI is InChI=1S/C15H20ClN3S/c1-2-5-11-6-3-4-8-19(11)10-13-17-14(16)12-7-9-20-15(12)18-13/h7,9,11H,2-6,8,10H2,1H3. The van der Waals surface area contributed by atoms with Crippen LogP contribution in [0.4, 0.5) is 0 Å². The van der Waals surface area contributed by atoms with E-state index >= 15 is 0 Å². The molecule has 2 aromatic rings. The molecule has 0 saturated carbocycles. The molecule has 0 radical (unpaired) electrons. The van der Waals surface area contributed by atoms with Crippen molar-refractivity contribution in [1.82, 2.24) is 14.9 Å². The highest BCUT2D eigenvalue weighted by Crippen LogP contribution is 2.27. The molecule has 0 amide bonds. The minimum absolute atomic E-state index is 0.593. The summed E-state index contributed by atoms with van der Waals surface area (Å²) < 4.78 is 0. The van der Waals surface area contributed by atoms with Gasteiger partial charge in [0.15, 0.2) is 0 Å². The normalized spacial score (nSPS) is 20.6. The highest BCUT2D eigenvalue weighted by molar-refractivity contribution is 7.16. The van der Waals surface area contributed by atoms with Gasteiger partial charge >= 0.3 is 0 Å². The van der Waals surface area contributed by atoms with Gasteiger partial charge in [0, 0.05) is 11.4 Å². The molecule has 1 unspecified atom stereocenters. The SMILES string of the molecule is CCCC1CCCCN1Cc1nc(Cl)c2ccsc2n1. The number of halogens is 1. The van der Waals surface area contributed by atoms with Crippen molar-refractivity contribution in [3.8, 4) is 0 Å². The molecule has 1 fully saturated rings. The monoisotopic (exact) mass is 309 g/mol. The van der Waals surface area contributed by atoms with Crippen molar-refractivity contribution in [1.29, 1.82) is 0 Å². The first-order valence-electron chi connectivity index (χ1n) is 7.41. The summed E-state index contributed by atoms with van der Waals surface area (Å²) in [6.45, 7) is 4.25. The molecule has 20 heavy (non-hydrogen) atoms. The Hall–Kier alpha value is -0.710. The predicted octanol–water partition coefficient (Wildman–Crippen LogP) is 4.50. The topological polar surface area (TPSA) is 29.0 Å². The summed E-state index contributed by atoms with van der Waals surface area (Å²) in [6, 6.07) is 2.68. The minimum atomic E-state index is 0.593. The van der Waals surface area contributed by atoms with Crippen LogP contribution in [-0.4, -0.2) is 27.5 Å². The largest absolute Gasteiger partial charge is 0.293 e. The zero-order valence-corrected chi connectivity index (χ0v) is 13.4. The predicted molar refractivity (Wildman–Crippen MR) is 85.4 cm³/mol. The van der Waals surface area contributed by atoms with Crippen LogP contribution < -0.4 is 0 Å². The molecule has 2 aromatic heterocycles. The summed E-state index contributed by atoms with van der Waals surface area (Å²) in [5, 5.41) is 3.59. The third-order valence-corrected chi connectivity index (χ3v) is 5.14. The molecule has 0 aromatic carbocycles. The number of likely N-dealkylation sites (tertiary alicyclic amines) is 1. The van der Waals surface area contributed by atoms with Crippen LogP contribution in [0.2, 0.25) is 5.15 Å². The van der Waals surface area contributed by atoms with Crippen molar-refractivity contribution in [2.75, 3.05) is 6.54 Å². The van der Waals surface area contributed by atoms with Crippen LogP contribution in [0.3, 0.4) is 0 Å². The van der Waals surface area contributed by atoms with E-state index < -0.39 is 0 Å². The fraction of sp³-hybridized carbons (Fsp3) is 0.600. The molecule has 1 aliphatic rings. The number of rotatable bonds is 4. The lowest BCUT2D eigenvalue weighted by Gasteiger charge is -2.35. The van der Waals surface area contributed by atoms with E-state index in [-0.39, 0.29) is 0 Å². The van der Waals surface area contributed by atoms with Gasteiger partial charge in [-0.05, 0) is 37.3 Å². The van der Waals surface area contributed by atoms with Crippen LogP contribution >= 0.6 is 22.9 Å². The van der Waals surface area contributed by atoms with E-state index in [1.165, 1.54) is 32.1 Å². The Bertz CT molecular complexity index is 582. The van der Waals surface area contributed by atoms with E-state index in [1.807, 2.05) is 11.4 Å². The van der Waals surface area contributed by atoms with Gasteiger partial charge in [0.2, 0.25) is 0 Å². The molecule has 0 spiro atoms. The third-order valence-electron chi connectivity index (χ3n) is 4.04. The van der Waals surface area contributed by atoms with E-state index in [2.05, 4.69) is 21.8 Å². The number of fused-ring (bicyclic) bond motifs is 1. The van der Waals surface area contributed by atoms with Gasteiger partial charge in [0.1, 0.15) is 15.8 Å². The lowest BCUT2D eigenvalue weighted by atomic mass is 9.98. The van der Waals surface area contributed by atoms with Gasteiger partial charge in [0.25, 0.3) is 0 Å². The van der Waals surface area contributed by atoms with Crippen molar-refractivity contribution in [3.63, 3.8) is 0 Å². The molecule has 1 saturated heterocycles. The Morgan fingerprint density at radius 2 is 2.30 bits per heavy atom. The Morgan fingerprint density at radius 1 is 1.40 bits per heavy atom. The van der Waals surface area contributed by atoms with Crippen molar-refractivity contribution >= 4 is 33.2 Å². The fourth-order valence-electron chi connectivity index (χ4n) is 3.04. The zero-order chi connectivity index (χ0) is 13.9. The molecular formula is C15H20ClN3S. The lowest BCUT2D eigenvalue weighted by molar-refractivity contribution is 0.128. The smallest absolute Gasteiger partial charge is 0.145 e. The van der Waals surface area contributed by atoms with Crippen LogP contribution in [0.25, 0.3) is 10.2 Å². The maximum Gasteiger partial charge on any atom is 0.145 e. The Balaban J connectivity index is 1.80. The van der Waals surface area contributed by atoms with E-state index in [1.54, 1.807) is 11.3 Å². The molecule has 0 N–H and O–H groups in total. The van der Waals surface area contributed by atoms with E-state index in [0.29, 0.717) is 11.2 Å². The summed E-state index contributed by atoms with van der Waals surface area (Å²) >= 11 is 7.89. The highest BCUT2D eigenvalue weighted by atomic mass is 35.5. The van der Waals surface area contributed by atoms with Gasteiger partial charge in [-0.1, -0.05) is 31.4 Å². The molecule has 3 nitrogen and oxygen atoms in total. The number of thiophene rings is 1. The molecule has 0 aliphatic carbocycles. The Kier molecular flexibility index (Phi) is 4.54. The Labute approximate surface area is 129 Å². The average molecular weight is 310 g/mol. The van der Waals surface area contributed by atoms with E-state index in [4.69, 9.17) is 11.6 Å². The van der Waals surface area contributed by atoms with Gasteiger partial charge in [-0.25, -0.2) is 9.97 Å². The van der Waals surface area contributed by atoms with Gasteiger partial charge in [-0.2, -0.15) is 0 Å². The molecule has 0 bridgehead atoms. The van der Waals surface area contributed by atoms with Gasteiger partial charge < -0.3 is 0 Å². The Morgan fingerprint density at radius 3 is 3.15 bits per heavy atom. The zero-order valence-electron chi connectivity index (χ0n) is 11.8. The second kappa shape index (κ2) is 6.37. The first-order valence-corrected chi connectivity index (χ1v) is 8.67. The second-order valence-corrected chi connectivity index (χ2v) is 6.73. The summed E-state index contributed by atoms with van der Waals surface area (Å²) in [5.41, 5.74) is 0. The second-order valence-electron chi connectivity index (χ2n) is 5.48. The molecule has 108 valence electrons. The van der Waals surface area contributed by atoms with Crippen molar-refractivity contribution < 1.29 is 0 Å². The lowest BCUT2D eigenvalue weighted by Crippen LogP contribution is -2.39. The van der Waals surface area contributed by atoms with E-state index in [9.17, 15) is 0 Å². The first kappa shape index (κ1) is 14.2. The molecule has 3 heterocycles. The maximum absolute atomic E-state index is 6.26. The van der Waals surface area contributed by atoms with Crippen LogP contribution in [-0.2, 0) is 6.54 Å². The van der Waals surface area contributed by atoms with Crippen LogP contribution in [0, 0.1) is 0 Å². The summed E-state index contributed by atoms with van der Waals surface area (Å²) in [7, 11) is 0. The molecule has 5 heteroatoms. The number of hydrogen-bond acceptors (Lipinski definition) is 4. The van der Waals surface area contributed by atoms with E-state index in [0.717, 1.165) is 29.1 Å². The van der Waals surface area contributed by atoms with Gasteiger partial charge in [-0.15, -0.1) is 11.3 Å². The third kappa shape index (κ3) is 2.97. The molecule has 3 rings (SSSR count). The van der Waals surface area contributed by atoms with Crippen molar-refractivity contribution in [3.05, 3.63) is 22.4 Å². The number of hydrogen-bond donors (Lipinski definition) is 0. The molecule has 1 aliphatic heterocycles. The number of aromatic nitrogens is 2. The molecular weight excluding hydrogens is 290 g/mol. The van der Waals surface area contributed by atoms with Crippen LogP contribution in [0.5, 0.6) is 0 Å². The summed E-state index contributed by atoms with van der Waals surface area (Å²) in [4.78, 5) is 12.7. The number of piperidine rings is 1. The quantitative estimate of drug-likeness (QED) is 0.779. The number of nitrogens with zero attached hydrogens (tertiary/aromatic N) is 3. The van der Waals surface area contributed by atoms with Gasteiger partial charge in [-0.3, -0.25) is 4.90 Å². The maximum atomic E-state index is 6.26. The minimum Gasteiger partial charge on any atom is -0.293 e. The first-order chi connectivity index (χ1) is 9.78. The fourth-order valence-corrected chi connectivity index (χ4v) is 4.13. The summed E-state index contributed by atoms with van der Waals surface area (Å²) in [5.74, 6) is 0.868. The molecule has 1 atom stereocenters. The van der Waals surface area contributed by atoms with Crippen LogP contribution in [0.1, 0.15) is 44.9 Å². The van der Waals surface area contributed by atoms with Gasteiger partial charge in [0.05, 0.1) is 6.54 Å².